The number of aryl methyl sites for hydroxylation is 2. The van der Waals surface area contributed by atoms with E-state index in [1.807, 2.05) is 62.6 Å². The van der Waals surface area contributed by atoms with E-state index in [1.165, 1.54) is 32.2 Å². The van der Waals surface area contributed by atoms with Gasteiger partial charge in [0.2, 0.25) is 0 Å². The number of hydrogen-bond donors (Lipinski definition) is 0. The maximum Gasteiger partial charge on any atom is 0 e. The topological polar surface area (TPSA) is 38.9 Å². The molecule has 0 fully saturated rings. The Morgan fingerprint density at radius 1 is 0.824 bits per heavy atom. The van der Waals surface area contributed by atoms with Gasteiger partial charge in [0.05, 0.1) is 5.58 Å². The summed E-state index contributed by atoms with van der Waals surface area (Å²) in [5.41, 5.74) is 12.0. The van der Waals surface area contributed by atoms with Crippen molar-refractivity contribution in [3.8, 4) is 33.6 Å². The van der Waals surface area contributed by atoms with Crippen molar-refractivity contribution in [3.05, 3.63) is 138 Å². The Morgan fingerprint density at radius 3 is 2.25 bits per heavy atom. The minimum Gasteiger partial charge on any atom is 0 e. The molecule has 7 aromatic rings. The second-order valence-electron chi connectivity index (χ2n) is 14.8. The van der Waals surface area contributed by atoms with Crippen molar-refractivity contribution in [2.75, 3.05) is 0 Å². The summed E-state index contributed by atoms with van der Waals surface area (Å²) in [6.07, 6.45) is 2.41. The Morgan fingerprint density at radius 2 is 1.59 bits per heavy atom. The van der Waals surface area contributed by atoms with Crippen molar-refractivity contribution < 1.29 is 27.3 Å². The van der Waals surface area contributed by atoms with Crippen molar-refractivity contribution in [2.45, 2.75) is 71.1 Å². The van der Waals surface area contributed by atoms with E-state index >= 15 is 0 Å². The summed E-state index contributed by atoms with van der Waals surface area (Å²) in [6.45, 7) is 12.5. The quantitative estimate of drug-likeness (QED) is 0.118. The molecule has 0 aliphatic carbocycles. The largest absolute Gasteiger partial charge is 0 e. The van der Waals surface area contributed by atoms with Crippen molar-refractivity contribution in [3.63, 3.8) is 0 Å². The van der Waals surface area contributed by atoms with Gasteiger partial charge in [-0.2, -0.15) is 0 Å². The third-order valence-corrected chi connectivity index (χ3v) is 13.1. The SMILES string of the molecule is Cc1cc(C)cc(-c2cccc3oc4c(-c5cc(C(C)C)ccn5)[c-]ccc4c23)c1.[2H]C([2H])(c1c[c]([Ge]([CH3])([CH3])[CH3])cnc1-c1[c-]cccc1)C(C)C.[Ir]. The Kier molecular flexibility index (Phi) is 11.3. The maximum atomic E-state index is 8.55. The Bertz CT molecular complexity index is 2340. The van der Waals surface area contributed by atoms with Gasteiger partial charge in [-0.15, -0.1) is 18.2 Å². The standard InChI is InChI=1S/C28H24NO.C18H24GeN.Ir/c1-17(2)20-11-12-29-25(16-20)23-8-5-9-24-27-22(7-6-10-26(27)30-28(23)24)21-14-18(3)13-19(4)15-21;1-14(2)11-16-12-17(19(3,4)5)13-20-18(16)15-9-7-6-8-10-15;/h5-7,9-17H,1-4H3;6-9,12-14H,11H2,1-5H3;/q2*-1;/i;11D2;. The van der Waals surface area contributed by atoms with E-state index in [4.69, 9.17) is 7.16 Å². The normalized spacial score (nSPS) is 12.4. The van der Waals surface area contributed by atoms with Gasteiger partial charge in [-0.05, 0) is 48.7 Å². The van der Waals surface area contributed by atoms with Gasteiger partial charge < -0.3 is 9.40 Å². The van der Waals surface area contributed by atoms with Crippen LogP contribution in [0.3, 0.4) is 0 Å². The summed E-state index contributed by atoms with van der Waals surface area (Å²) in [4.78, 5) is 9.26. The van der Waals surface area contributed by atoms with E-state index in [-0.39, 0.29) is 26.0 Å². The van der Waals surface area contributed by atoms with E-state index in [0.717, 1.165) is 44.5 Å². The van der Waals surface area contributed by atoms with Crippen LogP contribution in [-0.2, 0) is 26.5 Å². The van der Waals surface area contributed by atoms with Crippen molar-refractivity contribution in [1.82, 2.24) is 9.97 Å². The number of rotatable bonds is 7. The number of hydrogen-bond acceptors (Lipinski definition) is 3. The molecule has 1 radical (unpaired) electrons. The average Bonchev–Trinajstić information content (AvgIpc) is 3.50. The molecule has 0 spiro atoms. The monoisotopic (exact) mass is 913 g/mol. The van der Waals surface area contributed by atoms with Gasteiger partial charge in [0, 0.05) is 31.7 Å². The molecule has 5 heteroatoms. The Hall–Kier alpha value is -3.83. The zero-order valence-electron chi connectivity index (χ0n) is 33.1. The molecule has 0 N–H and O–H groups in total. The van der Waals surface area contributed by atoms with Crippen LogP contribution >= 0.6 is 0 Å². The first kappa shape index (κ1) is 35.6. The molecule has 263 valence electrons. The minimum absolute atomic E-state index is 0. The molecule has 4 aromatic carbocycles. The summed E-state index contributed by atoms with van der Waals surface area (Å²) in [6, 6.07) is 37.5. The number of nitrogens with zero attached hydrogens (tertiary/aromatic N) is 2. The number of aromatic nitrogens is 2. The maximum absolute atomic E-state index is 8.55. The molecule has 51 heavy (non-hydrogen) atoms. The zero-order valence-corrected chi connectivity index (χ0v) is 35.6. The fourth-order valence-corrected chi connectivity index (χ4v) is 8.51. The van der Waals surface area contributed by atoms with Crippen molar-refractivity contribution in [2.24, 2.45) is 5.92 Å². The van der Waals surface area contributed by atoms with Gasteiger partial charge >= 0.3 is 128 Å². The fourth-order valence-electron chi connectivity index (χ4n) is 6.35. The summed E-state index contributed by atoms with van der Waals surface area (Å²) in [5.74, 6) is 7.25. The van der Waals surface area contributed by atoms with E-state index < -0.39 is 19.6 Å². The third-order valence-electron chi connectivity index (χ3n) is 8.86. The first-order valence-corrected chi connectivity index (χ1v) is 24.9. The van der Waals surface area contributed by atoms with E-state index in [2.05, 4.69) is 122 Å². The minimum atomic E-state index is -2.06. The van der Waals surface area contributed by atoms with Gasteiger partial charge in [-0.3, -0.25) is 0 Å². The number of benzene rings is 4. The van der Waals surface area contributed by atoms with Crippen LogP contribution in [0, 0.1) is 31.9 Å². The Labute approximate surface area is 323 Å². The van der Waals surface area contributed by atoms with Crippen LogP contribution in [0.2, 0.25) is 17.3 Å². The van der Waals surface area contributed by atoms with Gasteiger partial charge in [-0.25, -0.2) is 0 Å². The van der Waals surface area contributed by atoms with Gasteiger partial charge in [0.25, 0.3) is 0 Å². The van der Waals surface area contributed by atoms with Crippen LogP contribution in [0.15, 0.2) is 108 Å². The summed E-state index contributed by atoms with van der Waals surface area (Å²) in [7, 11) is 0. The average molecular weight is 912 g/mol. The van der Waals surface area contributed by atoms with Crippen LogP contribution in [0.25, 0.3) is 55.6 Å². The Balaban J connectivity index is 0.000000211. The third kappa shape index (κ3) is 8.80. The molecular weight excluding hydrogens is 861 g/mol. The van der Waals surface area contributed by atoms with Crippen molar-refractivity contribution in [1.29, 1.82) is 0 Å². The molecule has 7 rings (SSSR count). The van der Waals surface area contributed by atoms with E-state index in [0.29, 0.717) is 11.5 Å². The molecule has 0 saturated heterocycles. The number of fused-ring (bicyclic) bond motifs is 3. The summed E-state index contributed by atoms with van der Waals surface area (Å²) >= 11 is -2.06. The second kappa shape index (κ2) is 16.2. The molecule has 0 unspecified atom stereocenters. The second-order valence-corrected chi connectivity index (χ2v) is 25.5. The predicted octanol–water partition coefficient (Wildman–Crippen LogP) is 12.1. The molecule has 3 nitrogen and oxygen atoms in total. The first-order valence-electron chi connectivity index (χ1n) is 18.5. The fraction of sp³-hybridized carbons (Fsp3) is 0.261. The van der Waals surface area contributed by atoms with Crippen LogP contribution < -0.4 is 4.40 Å². The molecule has 0 amide bonds. The van der Waals surface area contributed by atoms with Gasteiger partial charge in [0.15, 0.2) is 0 Å². The van der Waals surface area contributed by atoms with Crippen LogP contribution in [-0.4, -0.2) is 23.2 Å². The van der Waals surface area contributed by atoms with E-state index in [1.54, 1.807) is 0 Å². The summed E-state index contributed by atoms with van der Waals surface area (Å²) < 4.78 is 24.7. The smallest absolute Gasteiger partial charge is 0 e. The molecule has 0 bridgehead atoms. The number of furan rings is 1. The molecule has 0 atom stereocenters. The number of pyridine rings is 2. The molecular formula is C46H48GeIrN2O-2. The molecule has 0 saturated carbocycles. The summed E-state index contributed by atoms with van der Waals surface area (Å²) in [5, 5.41) is 2.25. The van der Waals surface area contributed by atoms with Crippen LogP contribution in [0.1, 0.15) is 58.6 Å². The first-order chi connectivity index (χ1) is 24.6. The van der Waals surface area contributed by atoms with Gasteiger partial charge in [0.1, 0.15) is 5.58 Å². The molecule has 0 aliphatic heterocycles. The molecule has 3 heterocycles. The van der Waals surface area contributed by atoms with Crippen LogP contribution in [0.5, 0.6) is 0 Å². The van der Waals surface area contributed by atoms with Crippen LogP contribution in [0.4, 0.5) is 0 Å². The molecule has 0 aliphatic rings. The van der Waals surface area contributed by atoms with Gasteiger partial charge in [-0.1, -0.05) is 77.9 Å². The van der Waals surface area contributed by atoms with Crippen molar-refractivity contribution >= 4 is 39.6 Å². The predicted molar refractivity (Wildman–Crippen MR) is 215 cm³/mol. The zero-order chi connectivity index (χ0) is 37.4. The molecule has 3 aromatic heterocycles. The van der Waals surface area contributed by atoms with E-state index in [9.17, 15) is 0 Å².